The number of ketones is 1. The highest BCUT2D eigenvalue weighted by atomic mass is 16.6. The number of carboxylic acids is 1. The highest BCUT2D eigenvalue weighted by Crippen LogP contribution is 2.67. The van der Waals surface area contributed by atoms with Gasteiger partial charge in [0, 0.05) is 18.4 Å². The monoisotopic (exact) mass is 548 g/mol. The molecule has 5 rings (SSSR count). The van der Waals surface area contributed by atoms with Crippen LogP contribution in [0.2, 0.25) is 0 Å². The SMILES string of the molecule is C[C@]12C[C@H](O)[C@@H]3[C@@H](CCC4=CC(NOCC(=O)N5C[C@@H](O)C[C@@H]5C(=O)O)=CC[C@]43C)[C@H]1CC[C@@]2(O)C(=O)CO. The first-order chi connectivity index (χ1) is 18.4. The molecule has 3 saturated carbocycles. The van der Waals surface area contributed by atoms with Crippen LogP contribution < -0.4 is 5.48 Å². The highest BCUT2D eigenvalue weighted by molar-refractivity contribution is 5.89. The van der Waals surface area contributed by atoms with Crippen LogP contribution in [0.5, 0.6) is 0 Å². The van der Waals surface area contributed by atoms with E-state index in [1.165, 1.54) is 5.57 Å². The standard InChI is InChI=1S/C28H40N2O9/c1-26-7-5-16(29-39-14-23(35)30-12-17(32)10-20(30)25(36)37)9-15(26)3-4-18-19-6-8-28(38,22(34)13-31)27(19,2)11-21(33)24(18)26/h5,9,17-21,24,29,31-33,38H,3-4,6-8,10-14H2,1-2H3,(H,36,37)/t17-,18-,19+,20+,21-,24-,26+,27-,28+/m0/s1. The van der Waals surface area contributed by atoms with Gasteiger partial charge in [-0.25, -0.2) is 4.79 Å². The van der Waals surface area contributed by atoms with Crippen molar-refractivity contribution >= 4 is 17.7 Å². The van der Waals surface area contributed by atoms with Crippen molar-refractivity contribution < 1.29 is 44.8 Å². The Kier molecular flexibility index (Phi) is 7.20. The number of hydrogen-bond donors (Lipinski definition) is 6. The molecular formula is C28H40N2O9. The number of likely N-dealkylation sites (tertiary alicyclic amines) is 1. The molecule has 11 nitrogen and oxygen atoms in total. The first-order valence-electron chi connectivity index (χ1n) is 13.9. The fourth-order valence-corrected chi connectivity index (χ4v) is 8.80. The van der Waals surface area contributed by atoms with Gasteiger partial charge in [-0.1, -0.05) is 25.5 Å². The van der Waals surface area contributed by atoms with E-state index in [1.807, 2.05) is 19.1 Å². The second-order valence-electron chi connectivity index (χ2n) is 12.6. The Morgan fingerprint density at radius 2 is 1.95 bits per heavy atom. The number of nitrogens with one attached hydrogen (secondary N) is 1. The summed E-state index contributed by atoms with van der Waals surface area (Å²) >= 11 is 0. The molecule has 1 heterocycles. The Morgan fingerprint density at radius 1 is 1.21 bits per heavy atom. The van der Waals surface area contributed by atoms with Crippen LogP contribution in [0, 0.1) is 28.6 Å². The summed E-state index contributed by atoms with van der Waals surface area (Å²) in [5.74, 6) is -2.08. The van der Waals surface area contributed by atoms with Crippen molar-refractivity contribution in [3.8, 4) is 0 Å². The third-order valence-electron chi connectivity index (χ3n) is 10.8. The Labute approximate surface area is 227 Å². The van der Waals surface area contributed by atoms with Gasteiger partial charge in [-0.15, -0.1) is 0 Å². The van der Waals surface area contributed by atoms with E-state index < -0.39 is 53.5 Å². The van der Waals surface area contributed by atoms with Gasteiger partial charge in [-0.2, -0.15) is 0 Å². The van der Waals surface area contributed by atoms with Gasteiger partial charge >= 0.3 is 5.97 Å². The summed E-state index contributed by atoms with van der Waals surface area (Å²) in [5.41, 5.74) is 1.94. The minimum absolute atomic E-state index is 0.00458. The molecule has 4 fully saturated rings. The molecule has 9 atom stereocenters. The lowest BCUT2D eigenvalue weighted by atomic mass is 9.45. The number of hydroxylamine groups is 1. The molecule has 4 aliphatic carbocycles. The molecule has 0 spiro atoms. The average molecular weight is 549 g/mol. The fourth-order valence-electron chi connectivity index (χ4n) is 8.80. The molecule has 0 radical (unpaired) electrons. The zero-order chi connectivity index (χ0) is 28.3. The number of allylic oxidation sites excluding steroid dienone is 3. The van der Waals surface area contributed by atoms with Gasteiger partial charge < -0.3 is 30.4 Å². The van der Waals surface area contributed by atoms with Crippen molar-refractivity contribution in [2.75, 3.05) is 19.8 Å². The first kappa shape index (κ1) is 28.2. The van der Waals surface area contributed by atoms with Crippen LogP contribution >= 0.6 is 0 Å². The van der Waals surface area contributed by atoms with Crippen molar-refractivity contribution in [2.45, 2.75) is 82.6 Å². The van der Waals surface area contributed by atoms with Gasteiger partial charge in [0.25, 0.3) is 5.91 Å². The van der Waals surface area contributed by atoms with E-state index in [2.05, 4.69) is 12.4 Å². The summed E-state index contributed by atoms with van der Waals surface area (Å²) in [5, 5.41) is 51.4. The van der Waals surface area contributed by atoms with E-state index in [1.54, 1.807) is 0 Å². The van der Waals surface area contributed by atoms with E-state index >= 15 is 0 Å². The fraction of sp³-hybridized carbons (Fsp3) is 0.750. The zero-order valence-electron chi connectivity index (χ0n) is 22.5. The number of carbonyl (C=O) groups is 3. The number of aliphatic hydroxyl groups excluding tert-OH is 3. The molecule has 0 aromatic rings. The van der Waals surface area contributed by atoms with E-state index in [9.17, 15) is 39.9 Å². The molecule has 11 heteroatoms. The van der Waals surface area contributed by atoms with Crippen molar-refractivity contribution in [1.29, 1.82) is 0 Å². The summed E-state index contributed by atoms with van der Waals surface area (Å²) in [6, 6.07) is -1.07. The molecule has 216 valence electrons. The van der Waals surface area contributed by atoms with E-state index in [0.29, 0.717) is 31.4 Å². The highest BCUT2D eigenvalue weighted by Gasteiger charge is 2.68. The predicted octanol–water partition coefficient (Wildman–Crippen LogP) is 0.274. The number of aliphatic hydroxyl groups is 4. The topological polar surface area (TPSA) is 177 Å². The number of β-amino-alcohol motifs (C(OH)–C–C–N with tert-alkyl or cyclic N) is 1. The lowest BCUT2D eigenvalue weighted by Gasteiger charge is -2.60. The summed E-state index contributed by atoms with van der Waals surface area (Å²) in [6.45, 7) is 2.92. The van der Waals surface area contributed by atoms with Crippen LogP contribution in [0.3, 0.4) is 0 Å². The van der Waals surface area contributed by atoms with Gasteiger partial charge in [0.2, 0.25) is 0 Å². The Bertz CT molecular complexity index is 1110. The van der Waals surface area contributed by atoms with Crippen molar-refractivity contribution in [2.24, 2.45) is 28.6 Å². The first-order valence-corrected chi connectivity index (χ1v) is 13.9. The van der Waals surface area contributed by atoms with Crippen LogP contribution in [-0.4, -0.2) is 91.7 Å². The number of Topliss-reactive ketones (excluding diaryl/α,β-unsaturated/α-hetero) is 1. The van der Waals surface area contributed by atoms with Crippen molar-refractivity contribution in [3.63, 3.8) is 0 Å². The van der Waals surface area contributed by atoms with E-state index in [-0.39, 0.29) is 42.7 Å². The molecular weight excluding hydrogens is 508 g/mol. The molecule has 0 unspecified atom stereocenters. The number of carboxylic acid groups (broad SMARTS) is 1. The normalized spacial score (nSPS) is 43.1. The summed E-state index contributed by atoms with van der Waals surface area (Å²) in [4.78, 5) is 43.0. The molecule has 5 aliphatic rings. The summed E-state index contributed by atoms with van der Waals surface area (Å²) in [7, 11) is 0. The van der Waals surface area contributed by atoms with Gasteiger partial charge in [0.05, 0.1) is 17.9 Å². The number of hydrogen-bond acceptors (Lipinski definition) is 9. The minimum atomic E-state index is -1.62. The zero-order valence-corrected chi connectivity index (χ0v) is 22.5. The number of aliphatic carboxylic acids is 1. The number of nitrogens with zero attached hydrogens (tertiary/aromatic N) is 1. The molecule has 0 bridgehead atoms. The second kappa shape index (κ2) is 9.95. The molecule has 1 aliphatic heterocycles. The minimum Gasteiger partial charge on any atom is -0.480 e. The van der Waals surface area contributed by atoms with Gasteiger partial charge in [-0.05, 0) is 67.8 Å². The lowest BCUT2D eigenvalue weighted by molar-refractivity contribution is -0.181. The molecule has 6 N–H and O–H groups in total. The number of fused-ring (bicyclic) bond motifs is 5. The lowest BCUT2D eigenvalue weighted by Crippen LogP contribution is -2.61. The smallest absolute Gasteiger partial charge is 0.326 e. The summed E-state index contributed by atoms with van der Waals surface area (Å²) < 4.78 is 0. The Morgan fingerprint density at radius 3 is 2.64 bits per heavy atom. The van der Waals surface area contributed by atoms with Crippen molar-refractivity contribution in [3.05, 3.63) is 23.4 Å². The third-order valence-corrected chi connectivity index (χ3v) is 10.8. The summed E-state index contributed by atoms with van der Waals surface area (Å²) in [6.07, 6.45) is 5.89. The van der Waals surface area contributed by atoms with Crippen LogP contribution in [0.4, 0.5) is 0 Å². The maximum atomic E-state index is 12.6. The van der Waals surface area contributed by atoms with Crippen LogP contribution in [0.25, 0.3) is 0 Å². The maximum Gasteiger partial charge on any atom is 0.326 e. The van der Waals surface area contributed by atoms with Gasteiger partial charge in [-0.3, -0.25) is 19.9 Å². The van der Waals surface area contributed by atoms with Crippen LogP contribution in [0.15, 0.2) is 23.4 Å². The molecule has 1 amide bonds. The van der Waals surface area contributed by atoms with E-state index in [4.69, 9.17) is 4.84 Å². The third kappa shape index (κ3) is 4.33. The molecule has 0 aromatic heterocycles. The predicted molar refractivity (Wildman–Crippen MR) is 136 cm³/mol. The number of amides is 1. The quantitative estimate of drug-likeness (QED) is 0.242. The van der Waals surface area contributed by atoms with Gasteiger partial charge in [0.15, 0.2) is 12.4 Å². The molecule has 0 aromatic carbocycles. The van der Waals surface area contributed by atoms with Gasteiger partial charge in [0.1, 0.15) is 18.2 Å². The Balaban J connectivity index is 1.25. The van der Waals surface area contributed by atoms with Crippen molar-refractivity contribution in [1.82, 2.24) is 10.4 Å². The molecule has 39 heavy (non-hydrogen) atoms. The largest absolute Gasteiger partial charge is 0.480 e. The average Bonchev–Trinajstić information content (AvgIpc) is 3.41. The number of rotatable bonds is 7. The number of carbonyl (C=O) groups excluding carboxylic acids is 2. The van der Waals surface area contributed by atoms with E-state index in [0.717, 1.165) is 17.7 Å². The van der Waals surface area contributed by atoms with Crippen LogP contribution in [0.1, 0.15) is 58.8 Å². The van der Waals surface area contributed by atoms with Crippen LogP contribution in [-0.2, 0) is 19.2 Å². The molecule has 1 saturated heterocycles. The Hall–Kier alpha value is -2.31. The maximum absolute atomic E-state index is 12.6. The second-order valence-corrected chi connectivity index (χ2v) is 12.6.